The molecule has 0 unspecified atom stereocenters. The van der Waals surface area contributed by atoms with E-state index in [4.69, 9.17) is 0 Å². The molecule has 1 fully saturated rings. The molecule has 0 saturated carbocycles. The van der Waals surface area contributed by atoms with Gasteiger partial charge in [-0.3, -0.25) is 9.59 Å². The van der Waals surface area contributed by atoms with Gasteiger partial charge in [0, 0.05) is 30.6 Å². The first kappa shape index (κ1) is 22.9. The van der Waals surface area contributed by atoms with E-state index in [0.29, 0.717) is 17.7 Å². The smallest absolute Gasteiger partial charge is 0.255 e. The normalized spacial score (nSPS) is 17.8. The summed E-state index contributed by atoms with van der Waals surface area (Å²) in [5.41, 5.74) is 5.75. The lowest BCUT2D eigenvalue weighted by Crippen LogP contribution is -2.45. The number of benzene rings is 2. The van der Waals surface area contributed by atoms with Gasteiger partial charge in [-0.15, -0.1) is 11.3 Å². The van der Waals surface area contributed by atoms with Gasteiger partial charge in [-0.1, -0.05) is 37.3 Å². The van der Waals surface area contributed by atoms with Crippen LogP contribution in [-0.4, -0.2) is 50.6 Å². The second-order valence-electron chi connectivity index (χ2n) is 8.21. The van der Waals surface area contributed by atoms with Crippen molar-refractivity contribution in [1.29, 1.82) is 0 Å². The molecule has 2 atom stereocenters. The van der Waals surface area contributed by atoms with Crippen LogP contribution in [0.4, 0.5) is 0 Å². The minimum Gasteiger partial charge on any atom is -0.508 e. The number of aromatic hydroxyl groups is 1. The van der Waals surface area contributed by atoms with Crippen LogP contribution in [0.15, 0.2) is 48.0 Å². The Balaban J connectivity index is 1.43. The molecule has 0 spiro atoms. The number of aromatic nitrogens is 1. The lowest BCUT2D eigenvalue weighted by Gasteiger charge is -2.24. The summed E-state index contributed by atoms with van der Waals surface area (Å²) in [4.78, 5) is 32.9. The van der Waals surface area contributed by atoms with Gasteiger partial charge in [0.15, 0.2) is 0 Å². The van der Waals surface area contributed by atoms with E-state index in [1.165, 1.54) is 11.0 Å². The third kappa shape index (κ3) is 4.77. The third-order valence-electron chi connectivity index (χ3n) is 6.04. The molecule has 8 heteroatoms. The Bertz CT molecular complexity index is 1160. The van der Waals surface area contributed by atoms with Crippen molar-refractivity contribution in [3.63, 3.8) is 0 Å². The number of rotatable bonds is 6. The van der Waals surface area contributed by atoms with E-state index in [2.05, 4.69) is 17.2 Å². The first-order chi connectivity index (χ1) is 15.9. The summed E-state index contributed by atoms with van der Waals surface area (Å²) in [5, 5.41) is 23.0. The van der Waals surface area contributed by atoms with E-state index >= 15 is 0 Å². The number of β-amino-alcohol motifs (C(OH)–C–C–N with tert-alkyl or cyclic N) is 1. The number of carbonyl (C=O) groups is 2. The monoisotopic (exact) mass is 465 g/mol. The van der Waals surface area contributed by atoms with Crippen LogP contribution >= 0.6 is 11.3 Å². The minimum atomic E-state index is -0.770. The quantitative estimate of drug-likeness (QED) is 0.519. The fraction of sp³-hybridized carbons (Fsp3) is 0.320. The number of amides is 2. The van der Waals surface area contributed by atoms with Crippen molar-refractivity contribution in [2.45, 2.75) is 45.4 Å². The van der Waals surface area contributed by atoms with Gasteiger partial charge >= 0.3 is 0 Å². The molecule has 33 heavy (non-hydrogen) atoms. The summed E-state index contributed by atoms with van der Waals surface area (Å²) in [6.07, 6.45) is 0.287. The molecule has 0 bridgehead atoms. The number of likely N-dealkylation sites (tertiary alicyclic amines) is 1. The fourth-order valence-electron chi connectivity index (χ4n) is 4.13. The topological polar surface area (TPSA) is 103 Å². The number of thiazole rings is 1. The number of aliphatic hydroxyl groups is 1. The number of aliphatic hydroxyl groups excluding tert-OH is 1. The number of nitrogens with zero attached hydrogens (tertiary/aromatic N) is 2. The molecule has 3 N–H and O–H groups in total. The van der Waals surface area contributed by atoms with Gasteiger partial charge in [-0.25, -0.2) is 4.98 Å². The molecule has 1 aromatic heterocycles. The zero-order chi connectivity index (χ0) is 23.5. The first-order valence-corrected chi connectivity index (χ1v) is 11.8. The summed E-state index contributed by atoms with van der Waals surface area (Å²) in [5.74, 6) is -0.660. The molecule has 2 amide bonds. The average Bonchev–Trinajstić information content (AvgIpc) is 3.45. The van der Waals surface area contributed by atoms with Crippen LogP contribution in [0.5, 0.6) is 5.75 Å². The maximum absolute atomic E-state index is 13.1. The summed E-state index contributed by atoms with van der Waals surface area (Å²) in [6.45, 7) is 4.14. The largest absolute Gasteiger partial charge is 0.508 e. The minimum absolute atomic E-state index is 0.0226. The first-order valence-electron chi connectivity index (χ1n) is 11.0. The molecular weight excluding hydrogens is 438 g/mol. The predicted octanol–water partition coefficient (Wildman–Crippen LogP) is 3.28. The second-order valence-corrected chi connectivity index (χ2v) is 9.06. The van der Waals surface area contributed by atoms with Crippen molar-refractivity contribution in [2.75, 3.05) is 6.54 Å². The number of phenolic OH excluding ortho intramolecular Hbond substituents is 1. The average molecular weight is 466 g/mol. The second kappa shape index (κ2) is 9.72. The number of carbonyl (C=O) groups excluding carboxylic acids is 2. The number of nitrogens with one attached hydrogen (secondary N) is 1. The lowest BCUT2D eigenvalue weighted by molar-refractivity contribution is -0.125. The van der Waals surface area contributed by atoms with Crippen molar-refractivity contribution < 1.29 is 19.8 Å². The Labute approximate surface area is 196 Å². The van der Waals surface area contributed by atoms with Crippen molar-refractivity contribution in [2.24, 2.45) is 0 Å². The molecule has 7 nitrogen and oxygen atoms in total. The summed E-state index contributed by atoms with van der Waals surface area (Å²) >= 11 is 1.61. The highest BCUT2D eigenvalue weighted by atomic mass is 32.1. The highest BCUT2D eigenvalue weighted by Crippen LogP contribution is 2.28. The van der Waals surface area contributed by atoms with E-state index in [-0.39, 0.29) is 30.5 Å². The molecule has 172 valence electrons. The zero-order valence-corrected chi connectivity index (χ0v) is 19.4. The fourth-order valence-corrected chi connectivity index (χ4v) is 5.02. The summed E-state index contributed by atoms with van der Waals surface area (Å²) in [6, 6.07) is 11.9. The Morgan fingerprint density at radius 2 is 1.97 bits per heavy atom. The Morgan fingerprint density at radius 1 is 1.21 bits per heavy atom. The van der Waals surface area contributed by atoms with Crippen LogP contribution in [0, 0.1) is 6.92 Å². The van der Waals surface area contributed by atoms with Crippen molar-refractivity contribution in [3.05, 3.63) is 70.4 Å². The third-order valence-corrected chi connectivity index (χ3v) is 6.95. The Hall–Kier alpha value is -3.23. The number of phenols is 1. The molecule has 0 aliphatic carbocycles. The molecular formula is C25H27N3O4S. The van der Waals surface area contributed by atoms with Gasteiger partial charge < -0.3 is 20.4 Å². The van der Waals surface area contributed by atoms with Gasteiger partial charge in [0.05, 0.1) is 22.2 Å². The number of aryl methyl sites for hydroxylation is 1. The van der Waals surface area contributed by atoms with Gasteiger partial charge in [-0.05, 0) is 36.6 Å². The number of hydrogen-bond donors (Lipinski definition) is 3. The molecule has 1 saturated heterocycles. The van der Waals surface area contributed by atoms with E-state index in [9.17, 15) is 19.8 Å². The molecule has 1 aliphatic heterocycles. The van der Waals surface area contributed by atoms with Crippen LogP contribution in [0.2, 0.25) is 0 Å². The van der Waals surface area contributed by atoms with Crippen LogP contribution in [0.1, 0.15) is 40.5 Å². The zero-order valence-electron chi connectivity index (χ0n) is 18.6. The van der Waals surface area contributed by atoms with Crippen molar-refractivity contribution >= 4 is 23.2 Å². The Kier molecular flexibility index (Phi) is 6.76. The maximum Gasteiger partial charge on any atom is 0.255 e. The Morgan fingerprint density at radius 3 is 2.70 bits per heavy atom. The SMILES string of the molecule is CCc1ncsc1-c1ccc(CNC(=O)[C@@H]2C[C@@H](O)CN2C(=O)c2cccc(O)c2C)cc1. The predicted molar refractivity (Wildman–Crippen MR) is 127 cm³/mol. The maximum atomic E-state index is 13.1. The van der Waals surface area contributed by atoms with E-state index < -0.39 is 12.1 Å². The van der Waals surface area contributed by atoms with E-state index in [0.717, 1.165) is 28.1 Å². The van der Waals surface area contributed by atoms with Gasteiger partial charge in [0.1, 0.15) is 11.8 Å². The van der Waals surface area contributed by atoms with Crippen molar-refractivity contribution in [1.82, 2.24) is 15.2 Å². The van der Waals surface area contributed by atoms with E-state index in [1.807, 2.05) is 29.8 Å². The molecule has 4 rings (SSSR count). The molecule has 2 aromatic carbocycles. The van der Waals surface area contributed by atoms with Crippen LogP contribution in [0.3, 0.4) is 0 Å². The highest BCUT2D eigenvalue weighted by molar-refractivity contribution is 7.13. The standard InChI is InChI=1S/C25H27N3O4S/c1-3-20-23(33-14-27-20)17-9-7-16(8-10-17)12-26-24(31)21-11-18(29)13-28(21)25(32)19-5-4-6-22(30)15(19)2/h4-10,14,18,21,29-30H,3,11-13H2,1-2H3,(H,26,31)/t18-,21+/m1/s1. The summed E-state index contributed by atoms with van der Waals surface area (Å²) < 4.78 is 0. The highest BCUT2D eigenvalue weighted by Gasteiger charge is 2.39. The molecule has 0 radical (unpaired) electrons. The van der Waals surface area contributed by atoms with Gasteiger partial charge in [0.25, 0.3) is 5.91 Å². The molecule has 3 aromatic rings. The van der Waals surface area contributed by atoms with Crippen molar-refractivity contribution in [3.8, 4) is 16.2 Å². The van der Waals surface area contributed by atoms with Gasteiger partial charge in [0.2, 0.25) is 5.91 Å². The van der Waals surface area contributed by atoms with Crippen LogP contribution in [0.25, 0.3) is 10.4 Å². The van der Waals surface area contributed by atoms with Gasteiger partial charge in [-0.2, -0.15) is 0 Å². The van der Waals surface area contributed by atoms with Crippen LogP contribution < -0.4 is 5.32 Å². The molecule has 1 aliphatic rings. The number of hydrogen-bond acceptors (Lipinski definition) is 6. The molecule has 2 heterocycles. The van der Waals surface area contributed by atoms with Crippen LogP contribution in [-0.2, 0) is 17.8 Å². The summed E-state index contributed by atoms with van der Waals surface area (Å²) in [7, 11) is 0. The lowest BCUT2D eigenvalue weighted by atomic mass is 10.1. The van der Waals surface area contributed by atoms with E-state index in [1.54, 1.807) is 30.4 Å².